The van der Waals surface area contributed by atoms with E-state index >= 15 is 0 Å². The molecule has 170 valence electrons. The molecule has 3 aromatic rings. The highest BCUT2D eigenvalue weighted by Crippen LogP contribution is 2.21. The fourth-order valence-electron chi connectivity index (χ4n) is 4.08. The summed E-state index contributed by atoms with van der Waals surface area (Å²) in [6, 6.07) is 8.22. The van der Waals surface area contributed by atoms with Gasteiger partial charge in [0.15, 0.2) is 11.2 Å². The minimum atomic E-state index is -0.570. The topological polar surface area (TPSA) is 103 Å². The Hall–Kier alpha value is -3.24. The Morgan fingerprint density at radius 1 is 1.16 bits per heavy atom. The molecule has 1 aliphatic rings. The second-order valence-corrected chi connectivity index (χ2v) is 8.14. The zero-order valence-electron chi connectivity index (χ0n) is 18.6. The molecule has 10 nitrogen and oxygen atoms in total. The number of aromatic nitrogens is 4. The number of nitrogens with one attached hydrogen (secondary N) is 1. The highest BCUT2D eigenvalue weighted by atomic mass is 16.5. The average molecular weight is 441 g/mol. The van der Waals surface area contributed by atoms with Crippen LogP contribution in [0.25, 0.3) is 11.2 Å². The molecule has 1 aromatic carbocycles. The molecule has 0 radical (unpaired) electrons. The van der Waals surface area contributed by atoms with Crippen LogP contribution in [-0.2, 0) is 30.2 Å². The number of morpholine rings is 1. The Labute approximate surface area is 185 Å². The molecule has 10 heteroatoms. The number of hydrogen-bond acceptors (Lipinski definition) is 6. The molecule has 1 saturated heterocycles. The summed E-state index contributed by atoms with van der Waals surface area (Å²) in [5.41, 5.74) is 1.75. The monoisotopic (exact) mass is 440 g/mol. The van der Waals surface area contributed by atoms with Gasteiger partial charge in [-0.05, 0) is 12.5 Å². The maximum absolute atomic E-state index is 12.8. The first kappa shape index (κ1) is 22.0. The number of carbonyl (C=O) groups is 1. The van der Waals surface area contributed by atoms with E-state index in [4.69, 9.17) is 4.74 Å². The third kappa shape index (κ3) is 4.23. The lowest BCUT2D eigenvalue weighted by atomic mass is 10.0. The van der Waals surface area contributed by atoms with Gasteiger partial charge in [-0.2, -0.15) is 0 Å². The average Bonchev–Trinajstić information content (AvgIpc) is 3.19. The van der Waals surface area contributed by atoms with Crippen molar-refractivity contribution in [3.63, 3.8) is 0 Å². The van der Waals surface area contributed by atoms with Crippen LogP contribution in [0.2, 0.25) is 0 Å². The number of ether oxygens (including phenoxy) is 1. The lowest BCUT2D eigenvalue weighted by Crippen LogP contribution is -2.46. The van der Waals surface area contributed by atoms with Gasteiger partial charge in [-0.25, -0.2) is 14.3 Å². The molecular weight excluding hydrogens is 412 g/mol. The standard InChI is InChI=1S/C22H28N6O4/c1-15-4-6-16(7-5-15)17(27-8-10-32-11-9-27)12-23-18(29)13-28-21(30)19-20(24-14-25(19)2)26(3)22(28)31/h4-7,14,17H,8-13H2,1-3H3,(H,23,29). The van der Waals surface area contributed by atoms with E-state index in [1.807, 2.05) is 6.92 Å². The lowest BCUT2D eigenvalue weighted by Gasteiger charge is -2.35. The van der Waals surface area contributed by atoms with Gasteiger partial charge in [-0.15, -0.1) is 0 Å². The third-order valence-electron chi connectivity index (χ3n) is 5.94. The molecule has 1 atom stereocenters. The number of rotatable bonds is 6. The summed E-state index contributed by atoms with van der Waals surface area (Å²) in [4.78, 5) is 44.7. The Morgan fingerprint density at radius 3 is 2.53 bits per heavy atom. The van der Waals surface area contributed by atoms with Crippen molar-refractivity contribution in [2.45, 2.75) is 19.5 Å². The molecule has 0 spiro atoms. The molecule has 1 N–H and O–H groups in total. The number of carbonyl (C=O) groups excluding carboxylic acids is 1. The normalized spacial score (nSPS) is 15.7. The molecule has 1 fully saturated rings. The van der Waals surface area contributed by atoms with Crippen LogP contribution < -0.4 is 16.6 Å². The van der Waals surface area contributed by atoms with Crippen molar-refractivity contribution in [1.29, 1.82) is 0 Å². The Morgan fingerprint density at radius 2 is 1.84 bits per heavy atom. The van der Waals surface area contributed by atoms with E-state index in [1.165, 1.54) is 23.5 Å². The van der Waals surface area contributed by atoms with Crippen molar-refractivity contribution in [2.75, 3.05) is 32.8 Å². The molecular formula is C22H28N6O4. The minimum Gasteiger partial charge on any atom is -0.379 e. The largest absolute Gasteiger partial charge is 0.379 e. The van der Waals surface area contributed by atoms with Crippen LogP contribution in [-0.4, -0.2) is 62.3 Å². The first-order valence-electron chi connectivity index (χ1n) is 10.6. The summed E-state index contributed by atoms with van der Waals surface area (Å²) < 4.78 is 9.26. The lowest BCUT2D eigenvalue weighted by molar-refractivity contribution is -0.122. The van der Waals surface area contributed by atoms with Gasteiger partial charge in [0.2, 0.25) is 5.91 Å². The summed E-state index contributed by atoms with van der Waals surface area (Å²) in [6.45, 7) is 4.88. The van der Waals surface area contributed by atoms with Gasteiger partial charge in [0.1, 0.15) is 6.54 Å². The molecule has 0 saturated carbocycles. The van der Waals surface area contributed by atoms with Crippen molar-refractivity contribution < 1.29 is 9.53 Å². The van der Waals surface area contributed by atoms with Crippen LogP contribution in [0.3, 0.4) is 0 Å². The van der Waals surface area contributed by atoms with Gasteiger partial charge in [0.05, 0.1) is 25.6 Å². The van der Waals surface area contributed by atoms with Crippen molar-refractivity contribution >= 4 is 17.1 Å². The minimum absolute atomic E-state index is 0.0254. The summed E-state index contributed by atoms with van der Waals surface area (Å²) >= 11 is 0. The molecule has 0 bridgehead atoms. The number of aryl methyl sites for hydroxylation is 3. The third-order valence-corrected chi connectivity index (χ3v) is 5.94. The van der Waals surface area contributed by atoms with E-state index in [0.717, 1.165) is 23.2 Å². The maximum atomic E-state index is 12.8. The molecule has 1 unspecified atom stereocenters. The van der Waals surface area contributed by atoms with Crippen molar-refractivity contribution in [3.05, 3.63) is 62.6 Å². The van der Waals surface area contributed by atoms with Crippen LogP contribution in [0.5, 0.6) is 0 Å². The number of amides is 1. The van der Waals surface area contributed by atoms with Gasteiger partial charge < -0.3 is 14.6 Å². The highest BCUT2D eigenvalue weighted by molar-refractivity contribution is 5.76. The van der Waals surface area contributed by atoms with Gasteiger partial charge >= 0.3 is 5.69 Å². The molecule has 4 rings (SSSR count). The molecule has 3 heterocycles. The molecule has 32 heavy (non-hydrogen) atoms. The van der Waals surface area contributed by atoms with Gasteiger partial charge in [0, 0.05) is 33.7 Å². The summed E-state index contributed by atoms with van der Waals surface area (Å²) in [6.07, 6.45) is 1.48. The molecule has 1 aliphatic heterocycles. The van der Waals surface area contributed by atoms with E-state index in [0.29, 0.717) is 25.4 Å². The SMILES string of the molecule is Cc1ccc(C(CNC(=O)Cn2c(=O)c3c(ncn3C)n(C)c2=O)N2CCOCC2)cc1. The Kier molecular flexibility index (Phi) is 6.24. The molecule has 0 aliphatic carbocycles. The second kappa shape index (κ2) is 9.09. The molecule has 1 amide bonds. The summed E-state index contributed by atoms with van der Waals surface area (Å²) in [5, 5.41) is 2.92. The first-order chi connectivity index (χ1) is 15.4. The van der Waals surface area contributed by atoms with E-state index in [-0.39, 0.29) is 18.1 Å². The summed E-state index contributed by atoms with van der Waals surface area (Å²) in [7, 11) is 3.22. The highest BCUT2D eigenvalue weighted by Gasteiger charge is 2.24. The van der Waals surface area contributed by atoms with Crippen molar-refractivity contribution in [1.82, 2.24) is 28.9 Å². The number of fused-ring (bicyclic) bond motifs is 1. The number of imidazole rings is 1. The zero-order valence-corrected chi connectivity index (χ0v) is 18.6. The maximum Gasteiger partial charge on any atom is 0.332 e. The van der Waals surface area contributed by atoms with Crippen molar-refractivity contribution in [2.24, 2.45) is 14.1 Å². The van der Waals surface area contributed by atoms with Crippen LogP contribution in [0.4, 0.5) is 0 Å². The number of nitrogens with zero attached hydrogens (tertiary/aromatic N) is 5. The van der Waals surface area contributed by atoms with Crippen LogP contribution in [0.15, 0.2) is 40.2 Å². The second-order valence-electron chi connectivity index (χ2n) is 8.14. The Bertz CT molecular complexity index is 1230. The van der Waals surface area contributed by atoms with Crippen LogP contribution in [0.1, 0.15) is 17.2 Å². The number of benzene rings is 1. The van der Waals surface area contributed by atoms with E-state index < -0.39 is 17.2 Å². The van der Waals surface area contributed by atoms with E-state index in [2.05, 4.69) is 39.5 Å². The van der Waals surface area contributed by atoms with E-state index in [9.17, 15) is 14.4 Å². The predicted molar refractivity (Wildman–Crippen MR) is 120 cm³/mol. The Balaban J connectivity index is 1.54. The van der Waals surface area contributed by atoms with E-state index in [1.54, 1.807) is 11.6 Å². The fraction of sp³-hybridized carbons (Fsp3) is 0.455. The van der Waals surface area contributed by atoms with Crippen LogP contribution >= 0.6 is 0 Å². The molecule has 2 aromatic heterocycles. The van der Waals surface area contributed by atoms with Gasteiger partial charge in [-0.3, -0.25) is 19.1 Å². The van der Waals surface area contributed by atoms with Crippen molar-refractivity contribution in [3.8, 4) is 0 Å². The summed E-state index contributed by atoms with van der Waals surface area (Å²) in [5.74, 6) is -0.393. The van der Waals surface area contributed by atoms with Crippen LogP contribution in [0, 0.1) is 6.92 Å². The predicted octanol–water partition coefficient (Wildman–Crippen LogP) is -0.0682. The quantitative estimate of drug-likeness (QED) is 0.576. The van der Waals surface area contributed by atoms with Gasteiger partial charge in [0.25, 0.3) is 5.56 Å². The number of hydrogen-bond donors (Lipinski definition) is 1. The fourth-order valence-corrected chi connectivity index (χ4v) is 4.08. The zero-order chi connectivity index (χ0) is 22.8. The van der Waals surface area contributed by atoms with Gasteiger partial charge in [-0.1, -0.05) is 29.8 Å². The first-order valence-corrected chi connectivity index (χ1v) is 10.6. The smallest absolute Gasteiger partial charge is 0.332 e.